The van der Waals surface area contributed by atoms with E-state index < -0.39 is 0 Å². The zero-order chi connectivity index (χ0) is 23.6. The number of aryl methyl sites for hydroxylation is 2. The molecule has 172 valence electrons. The quantitative estimate of drug-likeness (QED) is 0.465. The number of carbonyl (C=O) groups excluding carboxylic acids is 2. The topological polar surface area (TPSA) is 70.7 Å². The number of ether oxygens (including phenoxy) is 1. The summed E-state index contributed by atoms with van der Waals surface area (Å²) in [6.07, 6.45) is 1.66. The lowest BCUT2D eigenvalue weighted by Crippen LogP contribution is -2.39. The predicted octanol–water partition coefficient (Wildman–Crippen LogP) is 4.90. The highest BCUT2D eigenvalue weighted by Gasteiger charge is 2.17. The number of para-hydroxylation sites is 2. The monoisotopic (exact) mass is 445 g/mol. The van der Waals surface area contributed by atoms with E-state index in [0.717, 1.165) is 35.3 Å². The van der Waals surface area contributed by atoms with Gasteiger partial charge in [-0.3, -0.25) is 9.59 Å². The molecule has 0 unspecified atom stereocenters. The number of carbonyl (C=O) groups is 2. The maximum Gasteiger partial charge on any atom is 0.243 e. The van der Waals surface area contributed by atoms with Crippen LogP contribution in [0.2, 0.25) is 0 Å². The van der Waals surface area contributed by atoms with Crippen molar-refractivity contribution < 1.29 is 14.3 Å². The number of rotatable bonds is 10. The molecule has 0 aliphatic rings. The minimum Gasteiger partial charge on any atom is -0.497 e. The lowest BCUT2D eigenvalue weighted by molar-refractivity contribution is -0.115. The molecule has 6 nitrogen and oxygen atoms in total. The highest BCUT2D eigenvalue weighted by atomic mass is 16.5. The molecule has 0 saturated carbocycles. The van der Waals surface area contributed by atoms with Crippen LogP contribution >= 0.6 is 0 Å². The van der Waals surface area contributed by atoms with E-state index in [-0.39, 0.29) is 24.9 Å². The van der Waals surface area contributed by atoms with Gasteiger partial charge in [0.2, 0.25) is 11.8 Å². The number of hydrogen-bond donors (Lipinski definition) is 2. The third-order valence-electron chi connectivity index (χ3n) is 5.41. The zero-order valence-corrected chi connectivity index (χ0v) is 19.4. The molecule has 0 fully saturated rings. The second-order valence-corrected chi connectivity index (χ2v) is 7.68. The third-order valence-corrected chi connectivity index (χ3v) is 5.41. The van der Waals surface area contributed by atoms with Crippen molar-refractivity contribution in [1.29, 1.82) is 0 Å². The Morgan fingerprint density at radius 3 is 2.00 bits per heavy atom. The van der Waals surface area contributed by atoms with Crippen LogP contribution in [0.3, 0.4) is 0 Å². The van der Waals surface area contributed by atoms with Crippen molar-refractivity contribution in [3.63, 3.8) is 0 Å². The van der Waals surface area contributed by atoms with Crippen LogP contribution in [0.15, 0.2) is 72.8 Å². The maximum atomic E-state index is 13.1. The van der Waals surface area contributed by atoms with Crippen molar-refractivity contribution in [3.05, 3.63) is 83.9 Å². The van der Waals surface area contributed by atoms with E-state index in [4.69, 9.17) is 4.74 Å². The molecular weight excluding hydrogens is 414 g/mol. The second-order valence-electron chi connectivity index (χ2n) is 7.68. The van der Waals surface area contributed by atoms with E-state index in [1.807, 2.05) is 60.7 Å². The minimum atomic E-state index is -0.219. The Bertz CT molecular complexity index is 1060. The SMILES string of the molecule is CCc1cccc(CC)c1NC(=O)CN(CC(=O)Nc1cccc(OC)c1)c1ccccc1. The van der Waals surface area contributed by atoms with Crippen LogP contribution in [0.25, 0.3) is 0 Å². The molecule has 2 amide bonds. The highest BCUT2D eigenvalue weighted by Crippen LogP contribution is 2.23. The van der Waals surface area contributed by atoms with Crippen molar-refractivity contribution in [2.45, 2.75) is 26.7 Å². The summed E-state index contributed by atoms with van der Waals surface area (Å²) in [5.74, 6) is 0.278. The van der Waals surface area contributed by atoms with E-state index in [1.54, 1.807) is 24.1 Å². The van der Waals surface area contributed by atoms with E-state index in [2.05, 4.69) is 24.5 Å². The summed E-state index contributed by atoms with van der Waals surface area (Å²) in [5, 5.41) is 5.97. The molecule has 0 radical (unpaired) electrons. The lowest BCUT2D eigenvalue weighted by Gasteiger charge is -2.24. The Balaban J connectivity index is 1.75. The number of benzene rings is 3. The summed E-state index contributed by atoms with van der Waals surface area (Å²) < 4.78 is 5.22. The van der Waals surface area contributed by atoms with Crippen molar-refractivity contribution in [1.82, 2.24) is 0 Å². The van der Waals surface area contributed by atoms with Crippen LogP contribution in [0.1, 0.15) is 25.0 Å². The molecule has 33 heavy (non-hydrogen) atoms. The molecule has 0 bridgehead atoms. The largest absolute Gasteiger partial charge is 0.497 e. The van der Waals surface area contributed by atoms with Crippen LogP contribution in [0, 0.1) is 0 Å². The number of nitrogens with one attached hydrogen (secondary N) is 2. The van der Waals surface area contributed by atoms with Gasteiger partial charge in [0.05, 0.1) is 20.2 Å². The second kappa shape index (κ2) is 11.7. The fraction of sp³-hybridized carbons (Fsp3) is 0.259. The van der Waals surface area contributed by atoms with E-state index >= 15 is 0 Å². The number of methoxy groups -OCH3 is 1. The third kappa shape index (κ3) is 6.59. The van der Waals surface area contributed by atoms with Crippen LogP contribution in [-0.2, 0) is 22.4 Å². The first-order valence-corrected chi connectivity index (χ1v) is 11.2. The van der Waals surface area contributed by atoms with Crippen molar-refractivity contribution in [3.8, 4) is 5.75 Å². The highest BCUT2D eigenvalue weighted by molar-refractivity contribution is 5.98. The van der Waals surface area contributed by atoms with Gasteiger partial charge in [0.15, 0.2) is 0 Å². The van der Waals surface area contributed by atoms with E-state index in [9.17, 15) is 9.59 Å². The molecule has 3 aromatic rings. The molecular formula is C27H31N3O3. The van der Waals surface area contributed by atoms with Crippen LogP contribution in [0.4, 0.5) is 17.1 Å². The normalized spacial score (nSPS) is 10.4. The first kappa shape index (κ1) is 23.9. The predicted molar refractivity (Wildman–Crippen MR) is 134 cm³/mol. The molecule has 2 N–H and O–H groups in total. The van der Waals surface area contributed by atoms with Gasteiger partial charge in [-0.1, -0.05) is 56.3 Å². The number of anilines is 3. The molecule has 0 aliphatic carbocycles. The summed E-state index contributed by atoms with van der Waals surface area (Å²) in [4.78, 5) is 27.6. The molecule has 0 heterocycles. The van der Waals surface area contributed by atoms with Crippen molar-refractivity contribution in [2.24, 2.45) is 0 Å². The Morgan fingerprint density at radius 1 is 0.788 bits per heavy atom. The van der Waals surface area contributed by atoms with Gasteiger partial charge in [-0.2, -0.15) is 0 Å². The molecule has 0 aliphatic heterocycles. The lowest BCUT2D eigenvalue weighted by atomic mass is 10.0. The molecule has 6 heteroatoms. The van der Waals surface area contributed by atoms with Gasteiger partial charge < -0.3 is 20.3 Å². The number of nitrogens with zero attached hydrogens (tertiary/aromatic N) is 1. The van der Waals surface area contributed by atoms with E-state index in [0.29, 0.717) is 11.4 Å². The van der Waals surface area contributed by atoms with Gasteiger partial charge in [-0.15, -0.1) is 0 Å². The van der Waals surface area contributed by atoms with Gasteiger partial charge in [0.1, 0.15) is 5.75 Å². The van der Waals surface area contributed by atoms with Crippen LogP contribution in [-0.4, -0.2) is 32.0 Å². The Morgan fingerprint density at radius 2 is 1.39 bits per heavy atom. The Hall–Kier alpha value is -3.80. The summed E-state index contributed by atoms with van der Waals surface area (Å²) in [6, 6.07) is 22.7. The molecule has 3 aromatic carbocycles. The standard InChI is InChI=1S/C27H31N3O3/c1-4-20-11-9-12-21(5-2)27(20)29-26(32)19-30(23-14-7-6-8-15-23)18-25(31)28-22-13-10-16-24(17-22)33-3/h6-17H,4-5,18-19H2,1-3H3,(H,28,31)(H,29,32). The van der Waals surface area contributed by atoms with Gasteiger partial charge >= 0.3 is 0 Å². The fourth-order valence-electron chi connectivity index (χ4n) is 3.71. The van der Waals surface area contributed by atoms with Crippen molar-refractivity contribution in [2.75, 3.05) is 35.7 Å². The zero-order valence-electron chi connectivity index (χ0n) is 19.4. The average molecular weight is 446 g/mol. The molecule has 0 atom stereocenters. The van der Waals surface area contributed by atoms with Gasteiger partial charge in [-0.25, -0.2) is 0 Å². The maximum absolute atomic E-state index is 13.1. The smallest absolute Gasteiger partial charge is 0.243 e. The van der Waals surface area contributed by atoms with Crippen molar-refractivity contribution >= 4 is 28.9 Å². The first-order valence-electron chi connectivity index (χ1n) is 11.2. The number of hydrogen-bond acceptors (Lipinski definition) is 4. The summed E-state index contributed by atoms with van der Waals surface area (Å²) in [5.41, 5.74) is 4.52. The number of amides is 2. The molecule has 0 saturated heterocycles. The molecule has 0 spiro atoms. The molecule has 3 rings (SSSR count). The first-order chi connectivity index (χ1) is 16.0. The van der Waals surface area contributed by atoms with Gasteiger partial charge in [0.25, 0.3) is 0 Å². The van der Waals surface area contributed by atoms with E-state index in [1.165, 1.54) is 0 Å². The summed E-state index contributed by atoms with van der Waals surface area (Å²) >= 11 is 0. The van der Waals surface area contributed by atoms with Crippen LogP contribution in [0.5, 0.6) is 5.75 Å². The van der Waals surface area contributed by atoms with Crippen LogP contribution < -0.4 is 20.3 Å². The summed E-state index contributed by atoms with van der Waals surface area (Å²) in [7, 11) is 1.58. The fourth-order valence-corrected chi connectivity index (χ4v) is 3.71. The van der Waals surface area contributed by atoms with Gasteiger partial charge in [-0.05, 0) is 48.2 Å². The Labute approximate surface area is 195 Å². The minimum absolute atomic E-state index is 0.0324. The van der Waals surface area contributed by atoms with Gasteiger partial charge in [0, 0.05) is 23.1 Å². The average Bonchev–Trinajstić information content (AvgIpc) is 2.84. The molecule has 0 aromatic heterocycles. The Kier molecular flexibility index (Phi) is 8.47. The summed E-state index contributed by atoms with van der Waals surface area (Å²) in [6.45, 7) is 4.23.